The highest BCUT2D eigenvalue weighted by molar-refractivity contribution is 7.89. The molecule has 0 spiro atoms. The number of sulfonamides is 1. The average Bonchev–Trinajstić information content (AvgIpc) is 2.39. The molecule has 0 aliphatic carbocycles. The molecule has 0 heterocycles. The zero-order chi connectivity index (χ0) is 14.6. The van der Waals surface area contributed by atoms with Gasteiger partial charge in [0.15, 0.2) is 0 Å². The van der Waals surface area contributed by atoms with Gasteiger partial charge >= 0.3 is 0 Å². The van der Waals surface area contributed by atoms with Gasteiger partial charge in [0, 0.05) is 19.6 Å². The molecule has 1 rings (SSSR count). The molecule has 0 aliphatic rings. The van der Waals surface area contributed by atoms with Crippen molar-refractivity contribution in [1.29, 1.82) is 0 Å². The number of aryl methyl sites for hydroxylation is 1. The Labute approximate surface area is 116 Å². The molecule has 0 aromatic heterocycles. The lowest BCUT2D eigenvalue weighted by Crippen LogP contribution is -2.35. The van der Waals surface area contributed by atoms with Crippen LogP contribution in [-0.2, 0) is 16.6 Å². The number of hydrogen-bond acceptors (Lipinski definition) is 3. The molecule has 0 aliphatic heterocycles. The molecular formula is C14H24N2O2S. The van der Waals surface area contributed by atoms with Crippen LogP contribution in [0.15, 0.2) is 23.1 Å². The summed E-state index contributed by atoms with van der Waals surface area (Å²) in [5, 5.41) is 3.04. The SMILES string of the molecule is CCC(C)N(C)S(=O)(=O)c1cc(CNC)ccc1C. The fourth-order valence-electron chi connectivity index (χ4n) is 1.89. The van der Waals surface area contributed by atoms with Gasteiger partial charge in [-0.15, -0.1) is 0 Å². The summed E-state index contributed by atoms with van der Waals surface area (Å²) < 4.78 is 26.7. The molecule has 5 heteroatoms. The van der Waals surface area contributed by atoms with Gasteiger partial charge in [0.05, 0.1) is 4.90 Å². The summed E-state index contributed by atoms with van der Waals surface area (Å²) in [5.74, 6) is 0. The summed E-state index contributed by atoms with van der Waals surface area (Å²) in [6.07, 6.45) is 0.797. The molecule has 1 atom stereocenters. The van der Waals surface area contributed by atoms with Gasteiger partial charge in [-0.1, -0.05) is 19.1 Å². The molecule has 0 bridgehead atoms. The lowest BCUT2D eigenvalue weighted by molar-refractivity contribution is 0.380. The van der Waals surface area contributed by atoms with Gasteiger partial charge in [0.1, 0.15) is 0 Å². The normalized spacial score (nSPS) is 13.8. The number of nitrogens with one attached hydrogen (secondary N) is 1. The standard InChI is InChI=1S/C14H24N2O2S/c1-6-12(3)16(5)19(17,18)14-9-13(10-15-4)8-7-11(14)2/h7-9,12,15H,6,10H2,1-5H3. The predicted molar refractivity (Wildman–Crippen MR) is 78.6 cm³/mol. The first-order chi connectivity index (χ1) is 8.84. The van der Waals surface area contributed by atoms with Crippen LogP contribution in [0.3, 0.4) is 0 Å². The Morgan fingerprint density at radius 3 is 2.53 bits per heavy atom. The third kappa shape index (κ3) is 3.55. The molecule has 1 unspecified atom stereocenters. The van der Waals surface area contributed by atoms with Crippen molar-refractivity contribution in [3.05, 3.63) is 29.3 Å². The van der Waals surface area contributed by atoms with Crippen LogP contribution in [0.5, 0.6) is 0 Å². The van der Waals surface area contributed by atoms with Gasteiger partial charge in [0.25, 0.3) is 0 Å². The summed E-state index contributed by atoms with van der Waals surface area (Å²) in [6.45, 7) is 6.40. The molecule has 4 nitrogen and oxygen atoms in total. The van der Waals surface area contributed by atoms with Crippen molar-refractivity contribution >= 4 is 10.0 Å². The van der Waals surface area contributed by atoms with Gasteiger partial charge in [0.2, 0.25) is 10.0 Å². The van der Waals surface area contributed by atoms with Crippen LogP contribution in [0.4, 0.5) is 0 Å². The zero-order valence-electron chi connectivity index (χ0n) is 12.4. The molecule has 0 saturated carbocycles. The van der Waals surface area contributed by atoms with E-state index in [1.54, 1.807) is 13.1 Å². The Hall–Kier alpha value is -0.910. The van der Waals surface area contributed by atoms with Crippen molar-refractivity contribution in [2.24, 2.45) is 0 Å². The summed E-state index contributed by atoms with van der Waals surface area (Å²) >= 11 is 0. The van der Waals surface area contributed by atoms with Gasteiger partial charge < -0.3 is 5.32 Å². The molecule has 1 aromatic rings. The second kappa shape index (κ2) is 6.50. The van der Waals surface area contributed by atoms with E-state index < -0.39 is 10.0 Å². The lowest BCUT2D eigenvalue weighted by atomic mass is 10.1. The van der Waals surface area contributed by atoms with Crippen LogP contribution in [0.25, 0.3) is 0 Å². The fourth-order valence-corrected chi connectivity index (χ4v) is 3.59. The molecule has 0 saturated heterocycles. The van der Waals surface area contributed by atoms with Crippen LogP contribution < -0.4 is 5.32 Å². The highest BCUT2D eigenvalue weighted by Crippen LogP contribution is 2.22. The fraction of sp³-hybridized carbons (Fsp3) is 0.571. The summed E-state index contributed by atoms with van der Waals surface area (Å²) in [5.41, 5.74) is 1.76. The van der Waals surface area contributed by atoms with E-state index in [0.29, 0.717) is 11.4 Å². The van der Waals surface area contributed by atoms with E-state index in [1.165, 1.54) is 4.31 Å². The van der Waals surface area contributed by atoms with Crippen molar-refractivity contribution in [3.8, 4) is 0 Å². The highest BCUT2D eigenvalue weighted by Gasteiger charge is 2.26. The van der Waals surface area contributed by atoms with Crippen LogP contribution in [0.1, 0.15) is 31.4 Å². The lowest BCUT2D eigenvalue weighted by Gasteiger charge is -2.24. The highest BCUT2D eigenvalue weighted by atomic mass is 32.2. The number of nitrogens with zero attached hydrogens (tertiary/aromatic N) is 1. The van der Waals surface area contributed by atoms with Crippen LogP contribution in [0.2, 0.25) is 0 Å². The van der Waals surface area contributed by atoms with Gasteiger partial charge in [-0.05, 0) is 44.5 Å². The first-order valence-electron chi connectivity index (χ1n) is 6.56. The van der Waals surface area contributed by atoms with E-state index >= 15 is 0 Å². The monoisotopic (exact) mass is 284 g/mol. The van der Waals surface area contributed by atoms with Gasteiger partial charge in [-0.25, -0.2) is 8.42 Å². The van der Waals surface area contributed by atoms with Gasteiger partial charge in [-0.3, -0.25) is 0 Å². The number of benzene rings is 1. The topological polar surface area (TPSA) is 49.4 Å². The molecule has 108 valence electrons. The third-order valence-corrected chi connectivity index (χ3v) is 5.62. The van der Waals surface area contributed by atoms with Crippen LogP contribution in [-0.4, -0.2) is 32.9 Å². The quantitative estimate of drug-likeness (QED) is 0.870. The molecule has 0 amide bonds. The zero-order valence-corrected chi connectivity index (χ0v) is 13.2. The molecule has 0 fully saturated rings. The third-order valence-electron chi connectivity index (χ3n) is 3.50. The molecule has 19 heavy (non-hydrogen) atoms. The Morgan fingerprint density at radius 1 is 1.37 bits per heavy atom. The summed E-state index contributed by atoms with van der Waals surface area (Å²) in [6, 6.07) is 5.58. The number of rotatable bonds is 6. The molecular weight excluding hydrogens is 260 g/mol. The maximum Gasteiger partial charge on any atom is 0.243 e. The minimum atomic E-state index is -3.42. The molecule has 1 aromatic carbocycles. The molecule has 1 N–H and O–H groups in total. The van der Waals surface area contributed by atoms with Gasteiger partial charge in [-0.2, -0.15) is 4.31 Å². The Balaban J connectivity index is 3.23. The molecule has 0 radical (unpaired) electrons. The van der Waals surface area contributed by atoms with Crippen LogP contribution >= 0.6 is 0 Å². The Bertz CT molecular complexity index is 526. The van der Waals surface area contributed by atoms with Crippen molar-refractivity contribution in [2.75, 3.05) is 14.1 Å². The predicted octanol–water partition coefficient (Wildman–Crippen LogP) is 2.13. The van der Waals surface area contributed by atoms with E-state index in [9.17, 15) is 8.42 Å². The van der Waals surface area contributed by atoms with E-state index in [4.69, 9.17) is 0 Å². The van der Waals surface area contributed by atoms with Crippen molar-refractivity contribution in [3.63, 3.8) is 0 Å². The Morgan fingerprint density at radius 2 is 2.00 bits per heavy atom. The van der Waals surface area contributed by atoms with Crippen LogP contribution in [0, 0.1) is 6.92 Å². The first kappa shape index (κ1) is 16.1. The maximum atomic E-state index is 12.6. The first-order valence-corrected chi connectivity index (χ1v) is 8.00. The van der Waals surface area contributed by atoms with E-state index in [0.717, 1.165) is 17.5 Å². The second-order valence-corrected chi connectivity index (χ2v) is 6.87. The van der Waals surface area contributed by atoms with Crippen molar-refractivity contribution in [2.45, 2.75) is 44.7 Å². The van der Waals surface area contributed by atoms with E-state index in [2.05, 4.69) is 5.32 Å². The minimum absolute atomic E-state index is 0.00245. The summed E-state index contributed by atoms with van der Waals surface area (Å²) in [4.78, 5) is 0.406. The second-order valence-electron chi connectivity index (χ2n) is 4.91. The average molecular weight is 284 g/mol. The van der Waals surface area contributed by atoms with Crippen molar-refractivity contribution in [1.82, 2.24) is 9.62 Å². The number of hydrogen-bond donors (Lipinski definition) is 1. The van der Waals surface area contributed by atoms with Crippen molar-refractivity contribution < 1.29 is 8.42 Å². The Kier molecular flexibility index (Phi) is 5.52. The largest absolute Gasteiger partial charge is 0.316 e. The minimum Gasteiger partial charge on any atom is -0.316 e. The summed E-state index contributed by atoms with van der Waals surface area (Å²) in [7, 11) is 0.0768. The smallest absolute Gasteiger partial charge is 0.243 e. The van der Waals surface area contributed by atoms with E-state index in [-0.39, 0.29) is 6.04 Å². The maximum absolute atomic E-state index is 12.6. The van der Waals surface area contributed by atoms with E-state index in [1.807, 2.05) is 40.0 Å².